The molecule has 1 amide bonds. The van der Waals surface area contributed by atoms with Crippen molar-refractivity contribution in [2.75, 3.05) is 18.9 Å². The van der Waals surface area contributed by atoms with Crippen LogP contribution in [-0.2, 0) is 11.3 Å². The summed E-state index contributed by atoms with van der Waals surface area (Å²) >= 11 is 8.64. The average Bonchev–Trinajstić information content (AvgIpc) is 2.86. The zero-order chi connectivity index (χ0) is 15.4. The molecule has 0 aliphatic carbocycles. The maximum absolute atomic E-state index is 12.1. The summed E-state index contributed by atoms with van der Waals surface area (Å²) in [5.74, 6) is -0.0296. The maximum Gasteiger partial charge on any atom is 0.238 e. The van der Waals surface area contributed by atoms with E-state index < -0.39 is 0 Å². The fourth-order valence-electron chi connectivity index (χ4n) is 1.99. The number of nitrogens with one attached hydrogen (secondary N) is 1. The van der Waals surface area contributed by atoms with Gasteiger partial charge in [-0.15, -0.1) is 0 Å². The lowest BCUT2D eigenvalue weighted by Gasteiger charge is -2.17. The third-order valence-electron chi connectivity index (χ3n) is 2.90. The van der Waals surface area contributed by atoms with Gasteiger partial charge in [-0.3, -0.25) is 9.69 Å². The Morgan fingerprint density at radius 1 is 1.33 bits per heavy atom. The quantitative estimate of drug-likeness (QED) is 0.746. The fourth-order valence-corrected chi connectivity index (χ4v) is 4.27. The molecule has 21 heavy (non-hydrogen) atoms. The molecule has 2 rings (SSSR count). The van der Waals surface area contributed by atoms with Crippen molar-refractivity contribution in [1.82, 2.24) is 4.90 Å². The Labute approximate surface area is 145 Å². The van der Waals surface area contributed by atoms with Crippen molar-refractivity contribution in [3.05, 3.63) is 49.0 Å². The monoisotopic (exact) mass is 430 g/mol. The second-order valence-electron chi connectivity index (χ2n) is 4.96. The highest BCUT2D eigenvalue weighted by Gasteiger charge is 2.12. The van der Waals surface area contributed by atoms with Gasteiger partial charge in [0.1, 0.15) is 0 Å². The number of amides is 1. The molecule has 112 valence electrons. The van der Waals surface area contributed by atoms with Crippen LogP contribution in [0.5, 0.6) is 0 Å². The van der Waals surface area contributed by atoms with Gasteiger partial charge in [-0.05, 0) is 85.9 Å². The summed E-state index contributed by atoms with van der Waals surface area (Å²) < 4.78 is 1.76. The maximum atomic E-state index is 12.1. The molecule has 2 aromatic rings. The molecule has 0 saturated carbocycles. The first kappa shape index (κ1) is 16.7. The van der Waals surface area contributed by atoms with Crippen LogP contribution in [0.15, 0.2) is 37.9 Å². The molecule has 0 aliphatic rings. The number of rotatable bonds is 5. The predicted molar refractivity (Wildman–Crippen MR) is 95.9 cm³/mol. The number of likely N-dealkylation sites (N-methyl/N-ethyl adjacent to an activating group) is 1. The number of carbonyl (C=O) groups is 1. The minimum absolute atomic E-state index is 0.0296. The van der Waals surface area contributed by atoms with Gasteiger partial charge < -0.3 is 5.32 Å². The van der Waals surface area contributed by atoms with Crippen LogP contribution in [0.25, 0.3) is 0 Å². The van der Waals surface area contributed by atoms with Gasteiger partial charge in [-0.1, -0.05) is 0 Å². The Hall–Kier alpha value is -0.690. The standard InChI is InChI=1S/C15H16Br2N2OS/c1-10-5-12(16)15(13(17)6-10)18-14(20)8-19(2)7-11-3-4-21-9-11/h3-6,9H,7-8H2,1-2H3,(H,18,20). The lowest BCUT2D eigenvalue weighted by Crippen LogP contribution is -2.29. The lowest BCUT2D eigenvalue weighted by molar-refractivity contribution is -0.117. The van der Waals surface area contributed by atoms with E-state index in [-0.39, 0.29) is 5.91 Å². The van der Waals surface area contributed by atoms with Crippen LogP contribution in [0.1, 0.15) is 11.1 Å². The minimum Gasteiger partial charge on any atom is -0.323 e. The summed E-state index contributed by atoms with van der Waals surface area (Å²) in [5, 5.41) is 7.09. The van der Waals surface area contributed by atoms with Gasteiger partial charge in [-0.25, -0.2) is 0 Å². The third kappa shape index (κ3) is 4.92. The topological polar surface area (TPSA) is 32.3 Å². The molecule has 0 radical (unpaired) electrons. The summed E-state index contributed by atoms with van der Waals surface area (Å²) in [6, 6.07) is 6.04. The van der Waals surface area contributed by atoms with Gasteiger partial charge >= 0.3 is 0 Å². The van der Waals surface area contributed by atoms with E-state index in [4.69, 9.17) is 0 Å². The third-order valence-corrected chi connectivity index (χ3v) is 4.88. The molecule has 0 spiro atoms. The molecule has 6 heteroatoms. The van der Waals surface area contributed by atoms with Crippen LogP contribution in [-0.4, -0.2) is 24.4 Å². The molecule has 0 fully saturated rings. The van der Waals surface area contributed by atoms with Gasteiger partial charge in [0.25, 0.3) is 0 Å². The number of carbonyl (C=O) groups excluding carboxylic acids is 1. The van der Waals surface area contributed by atoms with Crippen molar-refractivity contribution in [3.8, 4) is 0 Å². The van der Waals surface area contributed by atoms with Crippen molar-refractivity contribution < 1.29 is 4.79 Å². The molecule has 0 saturated heterocycles. The molecular formula is C15H16Br2N2OS. The van der Waals surface area contributed by atoms with Crippen LogP contribution in [0.3, 0.4) is 0 Å². The van der Waals surface area contributed by atoms with Crippen molar-refractivity contribution in [2.45, 2.75) is 13.5 Å². The number of anilines is 1. The fraction of sp³-hybridized carbons (Fsp3) is 0.267. The van der Waals surface area contributed by atoms with Crippen LogP contribution in [0, 0.1) is 6.92 Å². The van der Waals surface area contributed by atoms with Gasteiger partial charge in [-0.2, -0.15) is 11.3 Å². The first-order chi connectivity index (χ1) is 9.95. The Balaban J connectivity index is 1.95. The van der Waals surface area contributed by atoms with Crippen LogP contribution >= 0.6 is 43.2 Å². The molecule has 3 nitrogen and oxygen atoms in total. The highest BCUT2D eigenvalue weighted by molar-refractivity contribution is 9.11. The van der Waals surface area contributed by atoms with Gasteiger partial charge in [0.05, 0.1) is 12.2 Å². The van der Waals surface area contributed by atoms with E-state index in [0.717, 1.165) is 26.7 Å². The van der Waals surface area contributed by atoms with Gasteiger partial charge in [0.2, 0.25) is 5.91 Å². The van der Waals surface area contributed by atoms with Crippen LogP contribution in [0.2, 0.25) is 0 Å². The number of nitrogens with zero attached hydrogens (tertiary/aromatic N) is 1. The highest BCUT2D eigenvalue weighted by Crippen LogP contribution is 2.32. The number of hydrogen-bond acceptors (Lipinski definition) is 3. The van der Waals surface area contributed by atoms with Crippen molar-refractivity contribution >= 4 is 54.8 Å². The zero-order valence-corrected chi connectivity index (χ0v) is 15.8. The van der Waals surface area contributed by atoms with Crippen molar-refractivity contribution in [2.24, 2.45) is 0 Å². The van der Waals surface area contributed by atoms with E-state index in [9.17, 15) is 4.79 Å². The predicted octanol–water partition coefficient (Wildman–Crippen LogP) is 4.65. The molecule has 0 bridgehead atoms. The summed E-state index contributed by atoms with van der Waals surface area (Å²) in [7, 11) is 1.94. The van der Waals surface area contributed by atoms with E-state index >= 15 is 0 Å². The summed E-state index contributed by atoms with van der Waals surface area (Å²) in [6.07, 6.45) is 0. The number of hydrogen-bond donors (Lipinski definition) is 1. The van der Waals surface area contributed by atoms with Crippen LogP contribution in [0.4, 0.5) is 5.69 Å². The Morgan fingerprint density at radius 2 is 2.00 bits per heavy atom. The van der Waals surface area contributed by atoms with Crippen molar-refractivity contribution in [1.29, 1.82) is 0 Å². The first-order valence-electron chi connectivity index (χ1n) is 6.41. The summed E-state index contributed by atoms with van der Waals surface area (Å²) in [5.41, 5.74) is 3.13. The molecular weight excluding hydrogens is 416 g/mol. The Kier molecular flexibility index (Phi) is 5.98. The van der Waals surface area contributed by atoms with E-state index in [1.165, 1.54) is 5.56 Å². The molecule has 1 heterocycles. The molecule has 0 unspecified atom stereocenters. The number of aryl methyl sites for hydroxylation is 1. The second-order valence-corrected chi connectivity index (χ2v) is 7.44. The average molecular weight is 432 g/mol. The molecule has 0 aliphatic heterocycles. The minimum atomic E-state index is -0.0296. The van der Waals surface area contributed by atoms with E-state index in [0.29, 0.717) is 6.54 Å². The number of benzene rings is 1. The summed E-state index contributed by atoms with van der Waals surface area (Å²) in [6.45, 7) is 3.13. The number of halogens is 2. The highest BCUT2D eigenvalue weighted by atomic mass is 79.9. The summed E-state index contributed by atoms with van der Waals surface area (Å²) in [4.78, 5) is 14.1. The number of thiophene rings is 1. The molecule has 1 aromatic carbocycles. The normalized spacial score (nSPS) is 10.9. The molecule has 1 N–H and O–H groups in total. The Bertz CT molecular complexity index is 606. The molecule has 1 aromatic heterocycles. The SMILES string of the molecule is Cc1cc(Br)c(NC(=O)CN(C)Cc2ccsc2)c(Br)c1. The van der Waals surface area contributed by atoms with E-state index in [2.05, 4.69) is 48.6 Å². The largest absolute Gasteiger partial charge is 0.323 e. The lowest BCUT2D eigenvalue weighted by atomic mass is 10.2. The Morgan fingerprint density at radius 3 is 2.57 bits per heavy atom. The van der Waals surface area contributed by atoms with Gasteiger partial charge in [0.15, 0.2) is 0 Å². The van der Waals surface area contributed by atoms with Crippen LogP contribution < -0.4 is 5.32 Å². The zero-order valence-electron chi connectivity index (χ0n) is 11.8. The van der Waals surface area contributed by atoms with Crippen molar-refractivity contribution in [3.63, 3.8) is 0 Å². The smallest absolute Gasteiger partial charge is 0.238 e. The van der Waals surface area contributed by atoms with Gasteiger partial charge in [0, 0.05) is 15.5 Å². The van der Waals surface area contributed by atoms with E-state index in [1.807, 2.05) is 36.4 Å². The second kappa shape index (κ2) is 7.54. The van der Waals surface area contributed by atoms with E-state index in [1.54, 1.807) is 11.3 Å². The molecule has 0 atom stereocenters. The first-order valence-corrected chi connectivity index (χ1v) is 8.93.